The molecule has 1 aromatic heterocycles. The van der Waals surface area contributed by atoms with Crippen molar-refractivity contribution >= 4 is 22.2 Å². The Morgan fingerprint density at radius 3 is 2.14 bits per heavy atom. The van der Waals surface area contributed by atoms with Crippen molar-refractivity contribution in [3.8, 4) is 5.69 Å². The Balaban J connectivity index is 2.13. The lowest BCUT2D eigenvalue weighted by molar-refractivity contribution is -0.384. The topological polar surface area (TPSA) is 82.2 Å². The van der Waals surface area contributed by atoms with Gasteiger partial charge >= 0.3 is 0 Å². The van der Waals surface area contributed by atoms with E-state index in [4.69, 9.17) is 0 Å². The molecular weight excluding hydrogens is 368 g/mol. The minimum Gasteiger partial charge on any atom is -0.289 e. The molecule has 6 nitrogen and oxygen atoms in total. The molecule has 3 aromatic carbocycles. The molecule has 0 aliphatic rings. The number of carbonyl (C=O) groups is 1. The Kier molecular flexibility index (Phi) is 4.52. The van der Waals surface area contributed by atoms with Crippen LogP contribution in [-0.2, 0) is 0 Å². The largest absolute Gasteiger partial charge is 0.289 e. The molecule has 29 heavy (non-hydrogen) atoms. The van der Waals surface area contributed by atoms with Crippen LogP contribution in [0.2, 0.25) is 0 Å². The van der Waals surface area contributed by atoms with Crippen molar-refractivity contribution in [2.24, 2.45) is 0 Å². The third-order valence-electron chi connectivity index (χ3n) is 4.89. The van der Waals surface area contributed by atoms with E-state index in [0.717, 1.165) is 0 Å². The van der Waals surface area contributed by atoms with Crippen LogP contribution in [0.5, 0.6) is 0 Å². The molecule has 0 N–H and O–H groups in total. The van der Waals surface area contributed by atoms with Crippen molar-refractivity contribution in [3.63, 3.8) is 0 Å². The Labute approximate surface area is 165 Å². The summed E-state index contributed by atoms with van der Waals surface area (Å²) in [7, 11) is 0. The first-order valence-electron chi connectivity index (χ1n) is 8.98. The van der Waals surface area contributed by atoms with Gasteiger partial charge in [-0.2, -0.15) is 0 Å². The highest BCUT2D eigenvalue weighted by molar-refractivity contribution is 6.17. The van der Waals surface area contributed by atoms with Crippen molar-refractivity contribution in [3.05, 3.63) is 116 Å². The van der Waals surface area contributed by atoms with E-state index in [1.807, 2.05) is 12.1 Å². The number of para-hydroxylation sites is 1. The van der Waals surface area contributed by atoms with Gasteiger partial charge in [-0.3, -0.25) is 24.3 Å². The van der Waals surface area contributed by atoms with Crippen LogP contribution in [0.1, 0.15) is 21.6 Å². The van der Waals surface area contributed by atoms with Gasteiger partial charge in [0.25, 0.3) is 11.2 Å². The summed E-state index contributed by atoms with van der Waals surface area (Å²) in [5.74, 6) is -0.244. The Hall–Kier alpha value is -4.06. The van der Waals surface area contributed by atoms with Crippen LogP contribution in [0.4, 0.5) is 5.69 Å². The lowest BCUT2D eigenvalue weighted by atomic mass is 9.95. The highest BCUT2D eigenvalue weighted by Crippen LogP contribution is 2.27. The third kappa shape index (κ3) is 3.10. The first-order valence-corrected chi connectivity index (χ1v) is 8.98. The summed E-state index contributed by atoms with van der Waals surface area (Å²) in [4.78, 5) is 37.3. The second-order valence-electron chi connectivity index (χ2n) is 6.62. The number of carbonyl (C=O) groups excluding carboxylic acids is 1. The van der Waals surface area contributed by atoms with Crippen molar-refractivity contribution in [2.75, 3.05) is 0 Å². The number of nitrogens with zero attached hydrogens (tertiary/aromatic N) is 2. The van der Waals surface area contributed by atoms with Gasteiger partial charge in [0.2, 0.25) is 0 Å². The van der Waals surface area contributed by atoms with Crippen LogP contribution in [-0.4, -0.2) is 15.3 Å². The number of fused-ring (bicyclic) bond motifs is 1. The maximum atomic E-state index is 13.3. The second-order valence-corrected chi connectivity index (χ2v) is 6.62. The van der Waals surface area contributed by atoms with E-state index >= 15 is 0 Å². The molecule has 0 radical (unpaired) electrons. The second kappa shape index (κ2) is 7.16. The zero-order chi connectivity index (χ0) is 20.5. The number of nitro benzene ring substituents is 1. The van der Waals surface area contributed by atoms with Gasteiger partial charge in [0.05, 0.1) is 15.9 Å². The monoisotopic (exact) mass is 384 g/mol. The predicted octanol–water partition coefficient (Wildman–Crippen LogP) is 4.44. The summed E-state index contributed by atoms with van der Waals surface area (Å²) in [6.07, 6.45) is 0. The number of nitro groups is 1. The zero-order valence-corrected chi connectivity index (χ0v) is 15.5. The van der Waals surface area contributed by atoms with Gasteiger partial charge in [0.1, 0.15) is 0 Å². The molecule has 0 fully saturated rings. The average Bonchev–Trinajstić information content (AvgIpc) is 2.75. The number of rotatable bonds is 4. The third-order valence-corrected chi connectivity index (χ3v) is 4.89. The highest BCUT2D eigenvalue weighted by atomic mass is 16.6. The maximum absolute atomic E-state index is 13.3. The van der Waals surface area contributed by atoms with Gasteiger partial charge in [0, 0.05) is 34.5 Å². The van der Waals surface area contributed by atoms with Crippen LogP contribution >= 0.6 is 0 Å². The molecule has 0 amide bonds. The molecule has 0 aliphatic heterocycles. The van der Waals surface area contributed by atoms with Crippen LogP contribution in [0, 0.1) is 17.0 Å². The van der Waals surface area contributed by atoms with Gasteiger partial charge in [-0.25, -0.2) is 0 Å². The fourth-order valence-electron chi connectivity index (χ4n) is 3.53. The molecule has 0 saturated heterocycles. The molecule has 1 heterocycles. The molecule has 6 heteroatoms. The molecule has 0 atom stereocenters. The van der Waals surface area contributed by atoms with Gasteiger partial charge < -0.3 is 0 Å². The SMILES string of the molecule is Cc1c(C(=O)c2ccccc2)c2ccc([N+](=O)[O-])cc2c(=O)n1-c1ccccc1. The summed E-state index contributed by atoms with van der Waals surface area (Å²) in [5.41, 5.74) is 1.30. The summed E-state index contributed by atoms with van der Waals surface area (Å²) >= 11 is 0. The normalized spacial score (nSPS) is 10.8. The number of aromatic nitrogens is 1. The number of hydrogen-bond acceptors (Lipinski definition) is 4. The number of benzene rings is 3. The first-order chi connectivity index (χ1) is 14.0. The van der Waals surface area contributed by atoms with E-state index < -0.39 is 10.5 Å². The smallest absolute Gasteiger partial charge is 0.270 e. The molecule has 0 bridgehead atoms. The average molecular weight is 384 g/mol. The molecule has 142 valence electrons. The molecule has 0 spiro atoms. The summed E-state index contributed by atoms with van der Waals surface area (Å²) in [6, 6.07) is 21.7. The van der Waals surface area contributed by atoms with Crippen molar-refractivity contribution < 1.29 is 9.72 Å². The quantitative estimate of drug-likeness (QED) is 0.296. The maximum Gasteiger partial charge on any atom is 0.270 e. The van der Waals surface area contributed by atoms with E-state index in [1.165, 1.54) is 22.8 Å². The van der Waals surface area contributed by atoms with Gasteiger partial charge in [0.15, 0.2) is 5.78 Å². The van der Waals surface area contributed by atoms with E-state index in [2.05, 4.69) is 0 Å². The van der Waals surface area contributed by atoms with E-state index in [1.54, 1.807) is 55.5 Å². The first kappa shape index (κ1) is 18.3. The van der Waals surface area contributed by atoms with E-state index in [-0.39, 0.29) is 16.9 Å². The van der Waals surface area contributed by atoms with Crippen LogP contribution in [0.15, 0.2) is 83.7 Å². The van der Waals surface area contributed by atoms with Crippen molar-refractivity contribution in [2.45, 2.75) is 6.92 Å². The summed E-state index contributed by atoms with van der Waals surface area (Å²) in [5, 5.41) is 11.8. The van der Waals surface area contributed by atoms with Gasteiger partial charge in [-0.15, -0.1) is 0 Å². The minimum atomic E-state index is -0.551. The fourth-order valence-corrected chi connectivity index (χ4v) is 3.53. The Bertz CT molecular complexity index is 1310. The zero-order valence-electron chi connectivity index (χ0n) is 15.5. The lowest BCUT2D eigenvalue weighted by Crippen LogP contribution is -2.24. The molecule has 4 rings (SSSR count). The number of non-ortho nitro benzene ring substituents is 1. The predicted molar refractivity (Wildman–Crippen MR) is 111 cm³/mol. The fraction of sp³-hybridized carbons (Fsp3) is 0.0435. The van der Waals surface area contributed by atoms with Gasteiger partial charge in [-0.1, -0.05) is 48.5 Å². The van der Waals surface area contributed by atoms with Gasteiger partial charge in [-0.05, 0) is 25.1 Å². The lowest BCUT2D eigenvalue weighted by Gasteiger charge is -2.17. The van der Waals surface area contributed by atoms with Crippen LogP contribution in [0.25, 0.3) is 16.5 Å². The van der Waals surface area contributed by atoms with E-state index in [9.17, 15) is 19.7 Å². The van der Waals surface area contributed by atoms with Crippen molar-refractivity contribution in [1.82, 2.24) is 4.57 Å². The standard InChI is InChI=1S/C23H16N2O4/c1-15-21(22(26)16-8-4-2-5-9-16)19-13-12-18(25(28)29)14-20(19)23(27)24(15)17-10-6-3-7-11-17/h2-14H,1H3. The van der Waals surface area contributed by atoms with Crippen LogP contribution < -0.4 is 5.56 Å². The van der Waals surface area contributed by atoms with Crippen LogP contribution in [0.3, 0.4) is 0 Å². The minimum absolute atomic E-state index is 0.132. The number of ketones is 1. The Morgan fingerprint density at radius 2 is 1.52 bits per heavy atom. The molecular formula is C23H16N2O4. The number of pyridine rings is 1. The van der Waals surface area contributed by atoms with E-state index in [0.29, 0.717) is 27.9 Å². The highest BCUT2D eigenvalue weighted by Gasteiger charge is 2.22. The molecule has 0 aliphatic carbocycles. The van der Waals surface area contributed by atoms with Crippen molar-refractivity contribution in [1.29, 1.82) is 0 Å². The summed E-state index contributed by atoms with van der Waals surface area (Å²) < 4.78 is 1.43. The molecule has 4 aromatic rings. The summed E-state index contributed by atoms with van der Waals surface area (Å²) in [6.45, 7) is 1.71. The molecule has 0 unspecified atom stereocenters. The molecule has 0 saturated carbocycles. The number of hydrogen-bond donors (Lipinski definition) is 0. The Morgan fingerprint density at radius 1 is 0.897 bits per heavy atom.